The number of aryl methyl sites for hydroxylation is 2. The average Bonchev–Trinajstić information content (AvgIpc) is 2.98. The van der Waals surface area contributed by atoms with Crippen molar-refractivity contribution in [2.75, 3.05) is 20.8 Å². The van der Waals surface area contributed by atoms with Crippen LogP contribution in [0.1, 0.15) is 76.3 Å². The maximum atomic E-state index is 14.8. The Kier molecular flexibility index (Phi) is 8.55. The number of benzene rings is 3. The standard InChI is InChI=1S/C34H40N2O4/c1-23-10-14-25(15-11-23)32(35-19-18-27-20-30(39-3)31(40-4)21-28(27)22-35)34(38)36(29-8-6-5-7-9-29)33(37)26-16-12-24(2)13-17-26/h10-17,20-21,29,32H,5-9,18-19,22H2,1-4H3. The molecule has 0 aromatic heterocycles. The van der Waals surface area contributed by atoms with Gasteiger partial charge in [-0.3, -0.25) is 19.4 Å². The summed E-state index contributed by atoms with van der Waals surface area (Å²) in [4.78, 5) is 32.7. The maximum absolute atomic E-state index is 14.8. The van der Waals surface area contributed by atoms with E-state index in [2.05, 4.69) is 4.90 Å². The monoisotopic (exact) mass is 540 g/mol. The predicted molar refractivity (Wildman–Crippen MR) is 157 cm³/mol. The Morgan fingerprint density at radius 1 is 0.825 bits per heavy atom. The number of rotatable bonds is 7. The van der Waals surface area contributed by atoms with E-state index in [-0.39, 0.29) is 17.9 Å². The first-order valence-corrected chi connectivity index (χ1v) is 14.4. The van der Waals surface area contributed by atoms with Crippen LogP contribution in [-0.4, -0.2) is 48.4 Å². The number of imide groups is 1. The van der Waals surface area contributed by atoms with Crippen molar-refractivity contribution in [3.63, 3.8) is 0 Å². The molecule has 1 unspecified atom stereocenters. The lowest BCUT2D eigenvalue weighted by Gasteiger charge is -2.40. The van der Waals surface area contributed by atoms with E-state index in [1.807, 2.05) is 74.5 Å². The molecule has 1 atom stereocenters. The third-order valence-corrected chi connectivity index (χ3v) is 8.43. The van der Waals surface area contributed by atoms with Crippen LogP contribution in [-0.2, 0) is 17.8 Å². The van der Waals surface area contributed by atoms with E-state index in [9.17, 15) is 9.59 Å². The SMILES string of the molecule is COc1cc2c(cc1OC)CN(C(C(=O)N(C(=O)c1ccc(C)cc1)C1CCCCC1)c1ccc(C)cc1)CC2. The first-order chi connectivity index (χ1) is 19.4. The molecule has 3 aromatic rings. The minimum atomic E-state index is -0.571. The Labute approximate surface area is 237 Å². The number of ether oxygens (including phenoxy) is 2. The van der Waals surface area contributed by atoms with Crippen molar-refractivity contribution in [1.29, 1.82) is 0 Å². The smallest absolute Gasteiger partial charge is 0.260 e. The molecule has 0 bridgehead atoms. The second kappa shape index (κ2) is 12.3. The largest absolute Gasteiger partial charge is 0.493 e. The van der Waals surface area contributed by atoms with Crippen molar-refractivity contribution < 1.29 is 19.1 Å². The lowest BCUT2D eigenvalue weighted by atomic mass is 9.91. The summed E-state index contributed by atoms with van der Waals surface area (Å²) in [5, 5.41) is 0. The summed E-state index contributed by atoms with van der Waals surface area (Å²) in [5.74, 6) is 1.07. The number of hydrogen-bond donors (Lipinski definition) is 0. The number of carbonyl (C=O) groups excluding carboxylic acids is 2. The molecule has 2 aliphatic rings. The summed E-state index contributed by atoms with van der Waals surface area (Å²) >= 11 is 0. The molecule has 1 saturated carbocycles. The highest BCUT2D eigenvalue weighted by atomic mass is 16.5. The van der Waals surface area contributed by atoms with Gasteiger partial charge in [-0.05, 0) is 74.1 Å². The van der Waals surface area contributed by atoms with Crippen LogP contribution in [0.4, 0.5) is 0 Å². The number of methoxy groups -OCH3 is 2. The first kappa shape index (κ1) is 27.9. The molecule has 3 aromatic carbocycles. The quantitative estimate of drug-likeness (QED) is 0.346. The van der Waals surface area contributed by atoms with Crippen LogP contribution < -0.4 is 9.47 Å². The Balaban J connectivity index is 1.55. The van der Waals surface area contributed by atoms with Gasteiger partial charge in [0.2, 0.25) is 0 Å². The lowest BCUT2D eigenvalue weighted by Crippen LogP contribution is -2.51. The Morgan fingerprint density at radius 3 is 2.00 bits per heavy atom. The second-order valence-electron chi connectivity index (χ2n) is 11.2. The van der Waals surface area contributed by atoms with E-state index < -0.39 is 6.04 Å². The van der Waals surface area contributed by atoms with Crippen molar-refractivity contribution in [3.8, 4) is 11.5 Å². The molecular weight excluding hydrogens is 500 g/mol. The zero-order valence-corrected chi connectivity index (χ0v) is 24.1. The molecule has 6 nitrogen and oxygen atoms in total. The maximum Gasteiger partial charge on any atom is 0.260 e. The number of fused-ring (bicyclic) bond motifs is 1. The number of hydrogen-bond acceptors (Lipinski definition) is 5. The van der Waals surface area contributed by atoms with Crippen LogP contribution in [0.2, 0.25) is 0 Å². The molecule has 210 valence electrons. The summed E-state index contributed by atoms with van der Waals surface area (Å²) in [6.45, 7) is 5.33. The van der Waals surface area contributed by atoms with E-state index in [0.29, 0.717) is 30.2 Å². The third kappa shape index (κ3) is 5.78. The topological polar surface area (TPSA) is 59.1 Å². The molecule has 40 heavy (non-hydrogen) atoms. The molecule has 1 aliphatic carbocycles. The molecule has 0 spiro atoms. The molecular formula is C34H40N2O4. The second-order valence-corrected chi connectivity index (χ2v) is 11.2. The number of carbonyl (C=O) groups is 2. The molecule has 6 heteroatoms. The average molecular weight is 541 g/mol. The fourth-order valence-electron chi connectivity index (χ4n) is 6.14. The highest BCUT2D eigenvalue weighted by Crippen LogP contribution is 2.37. The van der Waals surface area contributed by atoms with Gasteiger partial charge < -0.3 is 9.47 Å². The van der Waals surface area contributed by atoms with Gasteiger partial charge in [0.05, 0.1) is 14.2 Å². The highest BCUT2D eigenvalue weighted by molar-refractivity contribution is 6.06. The van der Waals surface area contributed by atoms with Crippen molar-refractivity contribution >= 4 is 11.8 Å². The molecule has 1 fully saturated rings. The normalized spacial score (nSPS) is 16.6. The minimum Gasteiger partial charge on any atom is -0.493 e. The van der Waals surface area contributed by atoms with E-state index in [0.717, 1.165) is 60.8 Å². The van der Waals surface area contributed by atoms with Gasteiger partial charge in [0, 0.05) is 24.7 Å². The molecule has 2 amide bonds. The first-order valence-electron chi connectivity index (χ1n) is 14.4. The van der Waals surface area contributed by atoms with Gasteiger partial charge in [0.15, 0.2) is 11.5 Å². The third-order valence-electron chi connectivity index (χ3n) is 8.43. The summed E-state index contributed by atoms with van der Waals surface area (Å²) in [6, 6.07) is 19.2. The minimum absolute atomic E-state index is 0.0931. The van der Waals surface area contributed by atoms with Crippen LogP contribution >= 0.6 is 0 Å². The van der Waals surface area contributed by atoms with Gasteiger partial charge in [-0.1, -0.05) is 66.8 Å². The Bertz CT molecular complexity index is 1340. The fraction of sp³-hybridized carbons (Fsp3) is 0.412. The van der Waals surface area contributed by atoms with Crippen LogP contribution in [0, 0.1) is 13.8 Å². The summed E-state index contributed by atoms with van der Waals surface area (Å²) in [6.07, 6.45) is 5.69. The van der Waals surface area contributed by atoms with Crippen LogP contribution in [0.5, 0.6) is 11.5 Å². The molecule has 0 N–H and O–H groups in total. The molecule has 5 rings (SSSR count). The van der Waals surface area contributed by atoms with E-state index >= 15 is 0 Å². The van der Waals surface area contributed by atoms with Crippen LogP contribution in [0.3, 0.4) is 0 Å². The lowest BCUT2D eigenvalue weighted by molar-refractivity contribution is -0.137. The number of nitrogens with zero attached hydrogens (tertiary/aromatic N) is 2. The molecule has 1 heterocycles. The van der Waals surface area contributed by atoms with Gasteiger partial charge in [-0.25, -0.2) is 0 Å². The van der Waals surface area contributed by atoms with Crippen LogP contribution in [0.25, 0.3) is 0 Å². The van der Waals surface area contributed by atoms with E-state index in [4.69, 9.17) is 9.47 Å². The highest BCUT2D eigenvalue weighted by Gasteiger charge is 2.39. The van der Waals surface area contributed by atoms with Gasteiger partial charge in [-0.15, -0.1) is 0 Å². The van der Waals surface area contributed by atoms with Crippen molar-refractivity contribution in [1.82, 2.24) is 9.80 Å². The van der Waals surface area contributed by atoms with Gasteiger partial charge in [0.25, 0.3) is 11.8 Å². The Hall–Kier alpha value is -3.64. The van der Waals surface area contributed by atoms with Gasteiger partial charge in [0.1, 0.15) is 6.04 Å². The van der Waals surface area contributed by atoms with E-state index in [1.165, 1.54) is 5.56 Å². The van der Waals surface area contributed by atoms with Crippen molar-refractivity contribution in [3.05, 3.63) is 94.0 Å². The summed E-state index contributed by atoms with van der Waals surface area (Å²) in [5.41, 5.74) is 6.01. The van der Waals surface area contributed by atoms with Crippen LogP contribution in [0.15, 0.2) is 60.7 Å². The Morgan fingerprint density at radius 2 is 1.40 bits per heavy atom. The molecule has 0 saturated heterocycles. The molecule has 1 aliphatic heterocycles. The zero-order chi connectivity index (χ0) is 28.2. The van der Waals surface area contributed by atoms with E-state index in [1.54, 1.807) is 19.1 Å². The van der Waals surface area contributed by atoms with Crippen molar-refractivity contribution in [2.45, 2.75) is 71.0 Å². The summed E-state index contributed by atoms with van der Waals surface area (Å²) in [7, 11) is 3.29. The number of amides is 2. The van der Waals surface area contributed by atoms with Gasteiger partial charge in [-0.2, -0.15) is 0 Å². The van der Waals surface area contributed by atoms with Gasteiger partial charge >= 0.3 is 0 Å². The fourth-order valence-corrected chi connectivity index (χ4v) is 6.14. The summed E-state index contributed by atoms with van der Waals surface area (Å²) < 4.78 is 11.1. The zero-order valence-electron chi connectivity index (χ0n) is 24.1. The van der Waals surface area contributed by atoms with Crippen molar-refractivity contribution in [2.24, 2.45) is 0 Å². The molecule has 0 radical (unpaired) electrons. The predicted octanol–water partition coefficient (Wildman–Crippen LogP) is 6.42.